The molecule has 2 aromatic rings. The molecule has 0 aliphatic rings. The van der Waals surface area contributed by atoms with Gasteiger partial charge in [0, 0.05) is 21.3 Å². The Morgan fingerprint density at radius 1 is 1.41 bits per heavy atom. The van der Waals surface area contributed by atoms with Crippen molar-refractivity contribution >= 4 is 27.3 Å². The van der Waals surface area contributed by atoms with Gasteiger partial charge in [0.1, 0.15) is 0 Å². The van der Waals surface area contributed by atoms with Gasteiger partial charge in [-0.1, -0.05) is 28.1 Å². The van der Waals surface area contributed by atoms with Crippen molar-refractivity contribution in [3.63, 3.8) is 0 Å². The van der Waals surface area contributed by atoms with E-state index in [2.05, 4.69) is 35.0 Å². The summed E-state index contributed by atoms with van der Waals surface area (Å²) in [5.74, 6) is 0. The summed E-state index contributed by atoms with van der Waals surface area (Å²) in [5.41, 5.74) is 7.80. The van der Waals surface area contributed by atoms with Crippen molar-refractivity contribution in [1.29, 1.82) is 0 Å². The number of benzene rings is 1. The zero-order chi connectivity index (χ0) is 12.3. The zero-order valence-electron chi connectivity index (χ0n) is 9.74. The van der Waals surface area contributed by atoms with Crippen molar-refractivity contribution in [3.05, 3.63) is 38.6 Å². The number of thiazole rings is 1. The second-order valence-corrected chi connectivity index (χ2v) is 6.12. The van der Waals surface area contributed by atoms with E-state index in [-0.39, 0.29) is 0 Å². The van der Waals surface area contributed by atoms with Crippen molar-refractivity contribution in [2.45, 2.75) is 19.8 Å². The Labute approximate surface area is 114 Å². The number of rotatable bonds is 4. The molecule has 90 valence electrons. The monoisotopic (exact) mass is 310 g/mol. The van der Waals surface area contributed by atoms with E-state index in [0.29, 0.717) is 0 Å². The minimum Gasteiger partial charge on any atom is -0.330 e. The molecule has 0 aliphatic heterocycles. The summed E-state index contributed by atoms with van der Waals surface area (Å²) in [4.78, 5) is 5.97. The Morgan fingerprint density at radius 3 is 2.94 bits per heavy atom. The minimum atomic E-state index is 0.727. The number of halogens is 1. The summed E-state index contributed by atoms with van der Waals surface area (Å²) in [6.45, 7) is 2.85. The van der Waals surface area contributed by atoms with Gasteiger partial charge >= 0.3 is 0 Å². The minimum absolute atomic E-state index is 0.727. The highest BCUT2D eigenvalue weighted by atomic mass is 79.9. The molecule has 1 aromatic heterocycles. The van der Waals surface area contributed by atoms with Gasteiger partial charge in [0.2, 0.25) is 0 Å². The maximum absolute atomic E-state index is 5.52. The Hall–Kier alpha value is -0.710. The highest BCUT2D eigenvalue weighted by Crippen LogP contribution is 2.29. The van der Waals surface area contributed by atoms with E-state index in [9.17, 15) is 0 Å². The number of aryl methyl sites for hydroxylation is 2. The van der Waals surface area contributed by atoms with E-state index in [4.69, 9.17) is 10.7 Å². The number of hydrogen-bond donors (Lipinski definition) is 1. The van der Waals surface area contributed by atoms with Gasteiger partial charge in [-0.2, -0.15) is 0 Å². The van der Waals surface area contributed by atoms with Gasteiger partial charge in [-0.3, -0.25) is 0 Å². The summed E-state index contributed by atoms with van der Waals surface area (Å²) in [7, 11) is 0. The second kappa shape index (κ2) is 5.76. The number of aromatic nitrogens is 1. The second-order valence-electron chi connectivity index (χ2n) is 3.91. The van der Waals surface area contributed by atoms with Crippen LogP contribution in [0.3, 0.4) is 0 Å². The summed E-state index contributed by atoms with van der Waals surface area (Å²) < 4.78 is 1.09. The van der Waals surface area contributed by atoms with Crippen LogP contribution in [0.5, 0.6) is 0 Å². The van der Waals surface area contributed by atoms with E-state index in [1.807, 2.05) is 12.1 Å². The van der Waals surface area contributed by atoms with E-state index in [1.165, 1.54) is 15.4 Å². The van der Waals surface area contributed by atoms with Crippen LogP contribution in [0.1, 0.15) is 16.3 Å². The van der Waals surface area contributed by atoms with Gasteiger partial charge < -0.3 is 5.73 Å². The molecule has 0 unspecified atom stereocenters. The Bertz CT molecular complexity index is 508. The van der Waals surface area contributed by atoms with E-state index >= 15 is 0 Å². The average molecular weight is 311 g/mol. The van der Waals surface area contributed by atoms with Gasteiger partial charge in [0.05, 0.1) is 10.7 Å². The maximum atomic E-state index is 5.52. The molecule has 0 saturated heterocycles. The highest BCUT2D eigenvalue weighted by Gasteiger charge is 2.09. The van der Waals surface area contributed by atoms with Crippen LogP contribution in [0, 0.1) is 6.92 Å². The first-order chi connectivity index (χ1) is 8.20. The molecular weight excluding hydrogens is 296 g/mol. The molecule has 17 heavy (non-hydrogen) atoms. The van der Waals surface area contributed by atoms with Gasteiger partial charge in [0.15, 0.2) is 0 Å². The van der Waals surface area contributed by atoms with Crippen LogP contribution in [0.2, 0.25) is 0 Å². The van der Waals surface area contributed by atoms with E-state index in [1.54, 1.807) is 11.3 Å². The smallest absolute Gasteiger partial charge is 0.0935 e. The maximum Gasteiger partial charge on any atom is 0.0935 e. The Morgan fingerprint density at radius 2 is 2.24 bits per heavy atom. The SMILES string of the molecule is Cc1sc(CCCN)nc1-c1cccc(Br)c1. The lowest BCUT2D eigenvalue weighted by Gasteiger charge is -1.99. The molecule has 2 N–H and O–H groups in total. The van der Waals surface area contributed by atoms with Gasteiger partial charge in [0.25, 0.3) is 0 Å². The fourth-order valence-corrected chi connectivity index (χ4v) is 3.11. The number of hydrogen-bond acceptors (Lipinski definition) is 3. The largest absolute Gasteiger partial charge is 0.330 e. The summed E-state index contributed by atoms with van der Waals surface area (Å²) in [6, 6.07) is 8.27. The van der Waals surface area contributed by atoms with Gasteiger partial charge in [-0.25, -0.2) is 4.98 Å². The lowest BCUT2D eigenvalue weighted by atomic mass is 10.1. The van der Waals surface area contributed by atoms with Crippen LogP contribution < -0.4 is 5.73 Å². The summed E-state index contributed by atoms with van der Waals surface area (Å²) in [5, 5.41) is 1.18. The normalized spacial score (nSPS) is 10.8. The molecule has 4 heteroatoms. The topological polar surface area (TPSA) is 38.9 Å². The van der Waals surface area contributed by atoms with Crippen LogP contribution in [-0.4, -0.2) is 11.5 Å². The predicted octanol–water partition coefficient (Wildman–Crippen LogP) is 3.77. The molecule has 0 saturated carbocycles. The molecular formula is C13H15BrN2S. The molecule has 0 bridgehead atoms. The summed E-state index contributed by atoms with van der Waals surface area (Å²) >= 11 is 5.26. The molecule has 2 rings (SSSR count). The van der Waals surface area contributed by atoms with Crippen molar-refractivity contribution in [1.82, 2.24) is 4.98 Å². The fraction of sp³-hybridized carbons (Fsp3) is 0.308. The van der Waals surface area contributed by atoms with Crippen molar-refractivity contribution in [2.75, 3.05) is 6.54 Å². The molecule has 0 fully saturated rings. The van der Waals surface area contributed by atoms with E-state index in [0.717, 1.165) is 29.6 Å². The van der Waals surface area contributed by atoms with Crippen molar-refractivity contribution in [3.8, 4) is 11.3 Å². The molecule has 1 heterocycles. The Kier molecular flexibility index (Phi) is 4.31. The molecule has 0 amide bonds. The molecule has 0 spiro atoms. The van der Waals surface area contributed by atoms with Crippen LogP contribution in [-0.2, 0) is 6.42 Å². The number of nitrogens with zero attached hydrogens (tertiary/aromatic N) is 1. The van der Waals surface area contributed by atoms with Crippen molar-refractivity contribution in [2.24, 2.45) is 5.73 Å². The standard InChI is InChI=1S/C13H15BrN2S/c1-9-13(10-4-2-5-11(14)8-10)16-12(17-9)6-3-7-15/h2,4-5,8H,3,6-7,15H2,1H3. The van der Waals surface area contributed by atoms with Crippen LogP contribution in [0.4, 0.5) is 0 Å². The third-order valence-corrected chi connectivity index (χ3v) is 4.06. The molecule has 0 atom stereocenters. The molecule has 0 radical (unpaired) electrons. The third kappa shape index (κ3) is 3.15. The molecule has 2 nitrogen and oxygen atoms in total. The van der Waals surface area contributed by atoms with Gasteiger partial charge in [-0.05, 0) is 32.0 Å². The first-order valence-corrected chi connectivity index (χ1v) is 7.24. The first kappa shape index (κ1) is 12.7. The van der Waals surface area contributed by atoms with Crippen LogP contribution >= 0.6 is 27.3 Å². The zero-order valence-corrected chi connectivity index (χ0v) is 12.1. The lowest BCUT2D eigenvalue weighted by molar-refractivity contribution is 0.826. The van der Waals surface area contributed by atoms with Crippen molar-refractivity contribution < 1.29 is 0 Å². The number of nitrogens with two attached hydrogens (primary N) is 1. The highest BCUT2D eigenvalue weighted by molar-refractivity contribution is 9.10. The van der Waals surface area contributed by atoms with Crippen LogP contribution in [0.25, 0.3) is 11.3 Å². The average Bonchev–Trinajstić information content (AvgIpc) is 2.68. The summed E-state index contributed by atoms with van der Waals surface area (Å²) in [6.07, 6.45) is 1.99. The predicted molar refractivity (Wildman–Crippen MR) is 77.4 cm³/mol. The van der Waals surface area contributed by atoms with Crippen LogP contribution in [0.15, 0.2) is 28.7 Å². The third-order valence-electron chi connectivity index (χ3n) is 2.53. The quantitative estimate of drug-likeness (QED) is 0.933. The fourth-order valence-electron chi connectivity index (χ4n) is 1.72. The molecule has 1 aromatic carbocycles. The first-order valence-electron chi connectivity index (χ1n) is 5.63. The Balaban J connectivity index is 2.29. The molecule has 0 aliphatic carbocycles. The lowest BCUT2D eigenvalue weighted by Crippen LogP contribution is -1.99. The van der Waals surface area contributed by atoms with E-state index < -0.39 is 0 Å². The van der Waals surface area contributed by atoms with Gasteiger partial charge in [-0.15, -0.1) is 11.3 Å².